The zero-order valence-electron chi connectivity index (χ0n) is 62.2. The Balaban J connectivity index is 0.636. The molecule has 0 bridgehead atoms. The molecule has 31 heteroatoms. The summed E-state index contributed by atoms with van der Waals surface area (Å²) in [6.07, 6.45) is 14.7. The molecule has 107 heavy (non-hydrogen) atoms. The third-order valence-electron chi connectivity index (χ3n) is 23.1. The minimum atomic E-state index is -4.44. The topological polar surface area (TPSA) is 410 Å². The molecule has 6 fully saturated rings. The van der Waals surface area contributed by atoms with Gasteiger partial charge in [0.1, 0.15) is 23.8 Å². The van der Waals surface area contributed by atoms with Crippen molar-refractivity contribution in [3.63, 3.8) is 0 Å². The van der Waals surface area contributed by atoms with Crippen molar-refractivity contribution in [1.29, 1.82) is 0 Å². The Hall–Kier alpha value is -8.81. The quantitative estimate of drug-likeness (QED) is 0.0148. The first kappa shape index (κ1) is 77.8. The predicted molar refractivity (Wildman–Crippen MR) is 407 cm³/mol. The number of hydrogen-bond acceptors (Lipinski definition) is 23. The van der Waals surface area contributed by atoms with Crippen molar-refractivity contribution in [2.24, 2.45) is 23.3 Å². The molecule has 2 aromatic carbocycles. The van der Waals surface area contributed by atoms with E-state index >= 15 is 0 Å². The van der Waals surface area contributed by atoms with Gasteiger partial charge in [0.2, 0.25) is 47.2 Å². The van der Waals surface area contributed by atoms with E-state index in [0.29, 0.717) is 210 Å². The van der Waals surface area contributed by atoms with Gasteiger partial charge in [0.15, 0.2) is 5.71 Å². The number of anilines is 5. The fourth-order valence-corrected chi connectivity index (χ4v) is 16.7. The second-order valence-electron chi connectivity index (χ2n) is 30.9. The molecule has 6 aliphatic heterocycles. The third-order valence-corrected chi connectivity index (χ3v) is 23.9. The van der Waals surface area contributed by atoms with Crippen molar-refractivity contribution in [2.45, 2.75) is 204 Å². The number of pyridine rings is 1. The highest BCUT2D eigenvalue weighted by Crippen LogP contribution is 2.48. The lowest BCUT2D eigenvalue weighted by Crippen LogP contribution is -2.46. The number of piperidine rings is 5. The predicted octanol–water partition coefficient (Wildman–Crippen LogP) is 6.27. The minimum Gasteiger partial charge on any atom is -0.748 e. The average molecular weight is 1490 g/mol. The molecule has 0 atom stereocenters. The summed E-state index contributed by atoms with van der Waals surface area (Å²) in [5.41, 5.74) is 16.3. The van der Waals surface area contributed by atoms with Crippen LogP contribution in [0.15, 0.2) is 42.5 Å². The molecule has 9 heterocycles. The average Bonchev–Trinajstić information content (AvgIpc) is 1.57. The first-order valence-electron chi connectivity index (χ1n) is 38.9. The van der Waals surface area contributed by atoms with Gasteiger partial charge < -0.3 is 72.0 Å². The summed E-state index contributed by atoms with van der Waals surface area (Å²) in [4.78, 5) is 124. The van der Waals surface area contributed by atoms with Gasteiger partial charge in [-0.3, -0.25) is 28.8 Å². The number of carboxylic acid groups (broad SMARTS) is 2. The number of rotatable bonds is 29. The van der Waals surface area contributed by atoms with Crippen molar-refractivity contribution in [3.05, 3.63) is 65.2 Å². The van der Waals surface area contributed by atoms with Gasteiger partial charge in [-0.15, -0.1) is 0 Å². The number of benzene rings is 2. The highest BCUT2D eigenvalue weighted by atomic mass is 32.2. The summed E-state index contributed by atoms with van der Waals surface area (Å²) < 4.78 is 37.3. The molecule has 5 aromatic rings. The first-order valence-corrected chi connectivity index (χ1v) is 40.5. The molecule has 30 nitrogen and oxygen atoms in total. The van der Waals surface area contributed by atoms with Gasteiger partial charge in [-0.05, 0) is 170 Å². The number of unbranched alkanes of at least 4 members (excludes halogenated alkanes) is 4. The summed E-state index contributed by atoms with van der Waals surface area (Å²) in [7, 11) is -4.44. The number of carbonyl (C=O) groups is 6. The largest absolute Gasteiger partial charge is 0.748 e. The van der Waals surface area contributed by atoms with Gasteiger partial charge in [-0.25, -0.2) is 13.4 Å². The molecule has 10 N–H and O–H groups in total. The van der Waals surface area contributed by atoms with Crippen molar-refractivity contribution in [1.82, 2.24) is 56.2 Å². The lowest BCUT2D eigenvalue weighted by atomic mass is 9.79. The normalized spacial score (nSPS) is 20.1. The second-order valence-corrected chi connectivity index (χ2v) is 32.4. The molecule has 5 saturated heterocycles. The Kier molecular flexibility index (Phi) is 25.5. The van der Waals surface area contributed by atoms with Gasteiger partial charge in [-0.2, -0.15) is 34.5 Å². The van der Waals surface area contributed by atoms with Crippen LogP contribution in [0.4, 0.5) is 35.4 Å². The Morgan fingerprint density at radius 1 is 0.533 bits per heavy atom. The van der Waals surface area contributed by atoms with Gasteiger partial charge in [0.05, 0.1) is 32.8 Å². The number of carboxylic acids is 2. The van der Waals surface area contributed by atoms with Gasteiger partial charge in [0, 0.05) is 146 Å². The molecule has 3 aromatic heterocycles. The lowest BCUT2D eigenvalue weighted by Gasteiger charge is -2.35. The van der Waals surface area contributed by atoms with Crippen LogP contribution in [-0.4, -0.2) is 219 Å². The smallest absolute Gasteiger partial charge is 0.306 e. The van der Waals surface area contributed by atoms with Crippen LogP contribution >= 0.6 is 0 Å². The molecule has 7 aliphatic rings. The molecule has 12 rings (SSSR count). The van der Waals surface area contributed by atoms with E-state index in [1.807, 2.05) is 31.2 Å². The van der Waals surface area contributed by atoms with Gasteiger partial charge >= 0.3 is 11.9 Å². The van der Waals surface area contributed by atoms with Crippen molar-refractivity contribution >= 4 is 97.6 Å². The summed E-state index contributed by atoms with van der Waals surface area (Å²) >= 11 is 0. The number of fused-ring (bicyclic) bond motifs is 3. The van der Waals surface area contributed by atoms with Crippen LogP contribution in [0.25, 0.3) is 21.9 Å². The van der Waals surface area contributed by atoms with Crippen LogP contribution in [0.3, 0.4) is 0 Å². The lowest BCUT2D eigenvalue weighted by molar-refractivity contribution is -0.437. The van der Waals surface area contributed by atoms with Crippen molar-refractivity contribution < 1.29 is 56.5 Å². The molecular formula is C76H107N19O11S. The van der Waals surface area contributed by atoms with E-state index < -0.39 is 45.0 Å². The van der Waals surface area contributed by atoms with Gasteiger partial charge in [0.25, 0.3) is 11.8 Å². The van der Waals surface area contributed by atoms with Crippen LogP contribution in [0.2, 0.25) is 0 Å². The number of hydrogen-bond donors (Lipinski definition) is 8. The van der Waals surface area contributed by atoms with E-state index in [1.54, 1.807) is 12.1 Å². The summed E-state index contributed by atoms with van der Waals surface area (Å²) in [5, 5.41) is 33.5. The Morgan fingerprint density at radius 2 is 0.944 bits per heavy atom. The number of aliphatic carboxylic acids is 2. The number of aromatic nitrogens is 7. The summed E-state index contributed by atoms with van der Waals surface area (Å²) in [6, 6.07) is 13.6. The van der Waals surface area contributed by atoms with Crippen LogP contribution in [0.1, 0.15) is 207 Å². The van der Waals surface area contributed by atoms with Crippen molar-refractivity contribution in [3.8, 4) is 11.1 Å². The van der Waals surface area contributed by atoms with E-state index in [-0.39, 0.29) is 71.5 Å². The fourth-order valence-electron chi connectivity index (χ4n) is 16.2. The molecule has 0 radical (unpaired) electrons. The maximum Gasteiger partial charge on any atom is 0.306 e. The maximum atomic E-state index is 14.3. The number of amides is 4. The van der Waals surface area contributed by atoms with E-state index in [4.69, 9.17) is 41.4 Å². The van der Waals surface area contributed by atoms with E-state index in [9.17, 15) is 52.0 Å². The van der Waals surface area contributed by atoms with Crippen LogP contribution in [-0.2, 0) is 34.7 Å². The third kappa shape index (κ3) is 19.7. The molecule has 1 saturated carbocycles. The highest BCUT2D eigenvalue weighted by molar-refractivity contribution is 7.85. The second kappa shape index (κ2) is 35.0. The SMILES string of the molecule is CC1=[N+](CCCS(=O)(=O)[O-])c2c(cc(-c3cc(C(=O)NCCCCCC(=O)NC4CCN(c5nc(C6CCC(N)CC6)nc(N6CCC(C(=O)O)CC6)n5)CC4)nc(C(=O)NCCCCCC(=O)NC4CCN(c5nc(N6CCC(N)CC6)nc(N6CCC(C(=O)O)CC6)n5)CC4)c3)c3ccccc23)C1(C)C. The molecule has 4 amide bonds. The number of carbonyl (C=O) groups excluding carboxylic acids is 4. The molecule has 578 valence electrons. The van der Waals surface area contributed by atoms with E-state index in [1.165, 1.54) is 0 Å². The minimum absolute atomic E-state index is 0.0164. The summed E-state index contributed by atoms with van der Waals surface area (Å²) in [5.74, 6) is 0.0451. The van der Waals surface area contributed by atoms with E-state index in [2.05, 4.69) is 75.2 Å². The zero-order chi connectivity index (χ0) is 75.5. The fraction of sp³-hybridized carbons (Fsp3) is 0.632. The first-order chi connectivity index (χ1) is 51.4. The molecule has 0 spiro atoms. The standard InChI is InChI=1S/C76H107N19O11S/c1-48-76(2,3)60-47-59(57-13-8-9-14-58(57)65(60)95(48)33-12-44-107(104,105)106)52-45-61(67(98)79-31-10-4-6-15-63(96)81-55-27-40-93(41-28-55)72-85-66(49-17-19-53(77)20-18-49)84-71(86-72)90-34-21-50(22-35-90)69(100)101)83-62(46-52)68(99)80-32-11-5-7-16-64(97)82-56-29-42-94(43-30-56)75-88-73(91-36-23-51(24-37-91)70(102)103)87-74(89-75)92-38-25-54(78)26-39-92/h8-9,13-14,45-47,49-51,53-56H,4-7,10-12,15-44,77-78H2,1-3H3,(H6-,79,80,81,82,96,97,98,99,100,101,102,103,104,105,106). The van der Waals surface area contributed by atoms with Crippen LogP contribution in [0.5, 0.6) is 0 Å². The number of nitrogens with one attached hydrogen (secondary N) is 4. The maximum absolute atomic E-state index is 14.3. The van der Waals surface area contributed by atoms with E-state index in [0.717, 1.165) is 90.7 Å². The number of nitrogens with zero attached hydrogens (tertiary/aromatic N) is 13. The molecular weight excluding hydrogens is 1390 g/mol. The molecule has 0 unspecified atom stereocenters. The van der Waals surface area contributed by atoms with Crippen LogP contribution in [0, 0.1) is 11.8 Å². The summed E-state index contributed by atoms with van der Waals surface area (Å²) in [6.45, 7) is 13.3. The molecule has 1 aliphatic carbocycles. The number of nitrogens with two attached hydrogens (primary N) is 2. The highest BCUT2D eigenvalue weighted by Gasteiger charge is 2.45. The monoisotopic (exact) mass is 1490 g/mol. The van der Waals surface area contributed by atoms with Crippen LogP contribution < -0.4 is 57.2 Å². The van der Waals surface area contributed by atoms with Gasteiger partial charge in [-0.1, -0.05) is 31.0 Å². The Bertz CT molecular complexity index is 3990. The Morgan fingerprint density at radius 3 is 1.38 bits per heavy atom. The zero-order valence-corrected chi connectivity index (χ0v) is 63.0. The Labute approximate surface area is 626 Å². The van der Waals surface area contributed by atoms with Crippen molar-refractivity contribution in [2.75, 3.05) is 115 Å².